The van der Waals surface area contributed by atoms with Crippen molar-refractivity contribution < 1.29 is 42.6 Å². The SMILES string of the molecule is CCCCCCCCCCCCCCCOCCOCCOCCOCCOCCOCCOCCOCCOCCCCCCCCCC. The van der Waals surface area contributed by atoms with Gasteiger partial charge in [0.05, 0.1) is 106 Å². The molecular formula is C41H84O9. The van der Waals surface area contributed by atoms with E-state index in [0.29, 0.717) is 106 Å². The van der Waals surface area contributed by atoms with E-state index in [4.69, 9.17) is 42.6 Å². The first-order valence-electron chi connectivity index (χ1n) is 21.1. The number of ether oxygens (including phenoxy) is 9. The lowest BCUT2D eigenvalue weighted by molar-refractivity contribution is -0.0250. The van der Waals surface area contributed by atoms with Gasteiger partial charge in [-0.1, -0.05) is 136 Å². The molecule has 0 amide bonds. The minimum atomic E-state index is 0.544. The van der Waals surface area contributed by atoms with E-state index in [-0.39, 0.29) is 0 Å². The normalized spacial score (nSPS) is 11.6. The Bertz CT molecular complexity index is 522. The van der Waals surface area contributed by atoms with Crippen molar-refractivity contribution >= 4 is 0 Å². The number of hydrogen-bond donors (Lipinski definition) is 0. The Morgan fingerprint density at radius 1 is 0.160 bits per heavy atom. The number of hydrogen-bond acceptors (Lipinski definition) is 9. The molecule has 302 valence electrons. The van der Waals surface area contributed by atoms with Gasteiger partial charge in [-0.15, -0.1) is 0 Å². The standard InChI is InChI=1S/C41H84O9/c1-3-5-7-9-11-13-14-15-16-17-19-21-23-25-43-27-29-45-31-33-47-35-37-49-39-41-50-40-38-48-36-34-46-32-30-44-28-26-42-24-22-20-18-12-10-8-6-4-2/h3-41H2,1-2H3. The van der Waals surface area contributed by atoms with Gasteiger partial charge in [-0.05, 0) is 12.8 Å². The van der Waals surface area contributed by atoms with E-state index in [1.165, 1.54) is 122 Å². The second-order valence-electron chi connectivity index (χ2n) is 13.2. The fourth-order valence-electron chi connectivity index (χ4n) is 5.42. The van der Waals surface area contributed by atoms with Crippen molar-refractivity contribution in [2.45, 2.75) is 149 Å². The molecule has 0 aromatic carbocycles. The van der Waals surface area contributed by atoms with Crippen molar-refractivity contribution in [2.75, 3.05) is 119 Å². The molecule has 0 rings (SSSR count). The maximum Gasteiger partial charge on any atom is 0.0701 e. The van der Waals surface area contributed by atoms with Gasteiger partial charge in [0.15, 0.2) is 0 Å². The van der Waals surface area contributed by atoms with E-state index in [1.807, 2.05) is 0 Å². The molecule has 0 saturated carbocycles. The van der Waals surface area contributed by atoms with E-state index >= 15 is 0 Å². The summed E-state index contributed by atoms with van der Waals surface area (Å²) in [5.41, 5.74) is 0. The summed E-state index contributed by atoms with van der Waals surface area (Å²) >= 11 is 0. The van der Waals surface area contributed by atoms with Crippen molar-refractivity contribution in [3.63, 3.8) is 0 Å². The van der Waals surface area contributed by atoms with Crippen LogP contribution in [0, 0.1) is 0 Å². The van der Waals surface area contributed by atoms with Crippen LogP contribution in [0.25, 0.3) is 0 Å². The molecule has 0 aromatic heterocycles. The van der Waals surface area contributed by atoms with Crippen LogP contribution in [0.2, 0.25) is 0 Å². The monoisotopic (exact) mass is 721 g/mol. The summed E-state index contributed by atoms with van der Waals surface area (Å²) in [7, 11) is 0. The molecule has 0 atom stereocenters. The van der Waals surface area contributed by atoms with Crippen LogP contribution in [0.5, 0.6) is 0 Å². The summed E-state index contributed by atoms with van der Waals surface area (Å²) in [6, 6.07) is 0. The molecule has 0 fully saturated rings. The summed E-state index contributed by atoms with van der Waals surface area (Å²) in [5.74, 6) is 0. The Kier molecular flexibility index (Phi) is 48.3. The van der Waals surface area contributed by atoms with Crippen molar-refractivity contribution in [1.82, 2.24) is 0 Å². The highest BCUT2D eigenvalue weighted by atomic mass is 16.6. The molecule has 0 aliphatic rings. The molecule has 50 heavy (non-hydrogen) atoms. The highest BCUT2D eigenvalue weighted by Crippen LogP contribution is 2.12. The minimum absolute atomic E-state index is 0.544. The van der Waals surface area contributed by atoms with Crippen molar-refractivity contribution in [3.05, 3.63) is 0 Å². The van der Waals surface area contributed by atoms with Gasteiger partial charge in [0.1, 0.15) is 0 Å². The van der Waals surface area contributed by atoms with E-state index in [1.54, 1.807) is 0 Å². The number of rotatable bonds is 47. The van der Waals surface area contributed by atoms with Crippen molar-refractivity contribution in [3.8, 4) is 0 Å². The molecule has 0 bridgehead atoms. The van der Waals surface area contributed by atoms with Gasteiger partial charge in [-0.2, -0.15) is 0 Å². The molecule has 0 aromatic rings. The van der Waals surface area contributed by atoms with Gasteiger partial charge >= 0.3 is 0 Å². The van der Waals surface area contributed by atoms with E-state index in [9.17, 15) is 0 Å². The lowest BCUT2D eigenvalue weighted by Gasteiger charge is -2.09. The third-order valence-corrected chi connectivity index (χ3v) is 8.51. The molecule has 0 aliphatic heterocycles. The lowest BCUT2D eigenvalue weighted by atomic mass is 10.0. The van der Waals surface area contributed by atoms with Gasteiger partial charge < -0.3 is 42.6 Å². The van der Waals surface area contributed by atoms with Gasteiger partial charge in [0.25, 0.3) is 0 Å². The van der Waals surface area contributed by atoms with Gasteiger partial charge in [0, 0.05) is 13.2 Å². The predicted molar refractivity (Wildman–Crippen MR) is 206 cm³/mol. The summed E-state index contributed by atoms with van der Waals surface area (Å²) in [6.07, 6.45) is 28.4. The highest BCUT2D eigenvalue weighted by molar-refractivity contribution is 4.49. The summed E-state index contributed by atoms with van der Waals surface area (Å²) in [4.78, 5) is 0. The fraction of sp³-hybridized carbons (Fsp3) is 1.00. The van der Waals surface area contributed by atoms with E-state index in [2.05, 4.69) is 13.8 Å². The summed E-state index contributed by atoms with van der Waals surface area (Å²) < 4.78 is 50.1. The van der Waals surface area contributed by atoms with E-state index in [0.717, 1.165) is 26.1 Å². The topological polar surface area (TPSA) is 83.1 Å². The third kappa shape index (κ3) is 47.6. The van der Waals surface area contributed by atoms with Crippen LogP contribution < -0.4 is 0 Å². The molecule has 0 N–H and O–H groups in total. The molecule has 0 radical (unpaired) electrons. The quantitative estimate of drug-likeness (QED) is 0.0571. The van der Waals surface area contributed by atoms with Crippen molar-refractivity contribution in [1.29, 1.82) is 0 Å². The molecule has 9 heteroatoms. The maximum atomic E-state index is 5.68. The first-order valence-corrected chi connectivity index (χ1v) is 21.1. The molecular weight excluding hydrogens is 636 g/mol. The summed E-state index contributed by atoms with van der Waals surface area (Å²) in [5, 5.41) is 0. The first kappa shape index (κ1) is 49.6. The van der Waals surface area contributed by atoms with Gasteiger partial charge in [-0.25, -0.2) is 0 Å². The predicted octanol–water partition coefficient (Wildman–Crippen LogP) is 9.37. The second kappa shape index (κ2) is 48.6. The minimum Gasteiger partial charge on any atom is -0.379 e. The zero-order valence-electron chi connectivity index (χ0n) is 33.3. The Balaban J connectivity index is 3.04. The molecule has 0 saturated heterocycles. The third-order valence-electron chi connectivity index (χ3n) is 8.51. The average Bonchev–Trinajstić information content (AvgIpc) is 3.13. The Hall–Kier alpha value is -0.360. The van der Waals surface area contributed by atoms with Gasteiger partial charge in [0.2, 0.25) is 0 Å². The van der Waals surface area contributed by atoms with Crippen LogP contribution in [0.1, 0.15) is 149 Å². The second-order valence-corrected chi connectivity index (χ2v) is 13.2. The summed E-state index contributed by atoms with van der Waals surface area (Å²) in [6.45, 7) is 15.5. The zero-order valence-corrected chi connectivity index (χ0v) is 33.3. The first-order chi connectivity index (χ1) is 24.9. The van der Waals surface area contributed by atoms with E-state index < -0.39 is 0 Å². The maximum absolute atomic E-state index is 5.68. The zero-order chi connectivity index (χ0) is 35.9. The average molecular weight is 721 g/mol. The Labute approximate surface area is 309 Å². The molecule has 0 unspecified atom stereocenters. The highest BCUT2D eigenvalue weighted by Gasteiger charge is 1.98. The van der Waals surface area contributed by atoms with Crippen LogP contribution >= 0.6 is 0 Å². The Morgan fingerprint density at radius 2 is 0.300 bits per heavy atom. The van der Waals surface area contributed by atoms with Gasteiger partial charge in [-0.3, -0.25) is 0 Å². The number of unbranched alkanes of at least 4 members (excludes halogenated alkanes) is 19. The van der Waals surface area contributed by atoms with Crippen LogP contribution in [-0.4, -0.2) is 119 Å². The molecule has 0 spiro atoms. The molecule has 0 aliphatic carbocycles. The van der Waals surface area contributed by atoms with Crippen LogP contribution in [0.15, 0.2) is 0 Å². The largest absolute Gasteiger partial charge is 0.379 e. The van der Waals surface area contributed by atoms with Crippen LogP contribution in [-0.2, 0) is 42.6 Å². The molecule has 9 nitrogen and oxygen atoms in total. The van der Waals surface area contributed by atoms with Crippen molar-refractivity contribution in [2.24, 2.45) is 0 Å². The van der Waals surface area contributed by atoms with Crippen LogP contribution in [0.4, 0.5) is 0 Å². The fourth-order valence-corrected chi connectivity index (χ4v) is 5.42. The smallest absolute Gasteiger partial charge is 0.0701 e. The van der Waals surface area contributed by atoms with Crippen LogP contribution in [0.3, 0.4) is 0 Å². The Morgan fingerprint density at radius 3 is 0.480 bits per heavy atom. The lowest BCUT2D eigenvalue weighted by Crippen LogP contribution is -2.15. The molecule has 0 heterocycles.